The third-order valence-electron chi connectivity index (χ3n) is 1.65. The van der Waals surface area contributed by atoms with Crippen molar-refractivity contribution in [3.63, 3.8) is 0 Å². The Kier molecular flexibility index (Phi) is 3.02. The Morgan fingerprint density at radius 1 is 1.50 bits per heavy atom. The first kappa shape index (κ1) is 8.97. The van der Waals surface area contributed by atoms with Crippen LogP contribution in [0.5, 0.6) is 0 Å². The average Bonchev–Trinajstić information content (AvgIpc) is 2.05. The Bertz CT molecular complexity index is 250. The van der Waals surface area contributed by atoms with Gasteiger partial charge in [0, 0.05) is 13.6 Å². The molecular formula is C9H13FN2. The second-order valence-electron chi connectivity index (χ2n) is 2.74. The molecule has 0 fully saturated rings. The number of nitrogens with zero attached hydrogens (tertiary/aromatic N) is 2. The molecule has 0 saturated carbocycles. The van der Waals surface area contributed by atoms with Gasteiger partial charge in [-0.2, -0.15) is 4.39 Å². The lowest BCUT2D eigenvalue weighted by Crippen LogP contribution is -2.19. The van der Waals surface area contributed by atoms with E-state index in [-0.39, 0.29) is 0 Å². The highest BCUT2D eigenvalue weighted by atomic mass is 19.1. The van der Waals surface area contributed by atoms with Crippen LogP contribution >= 0.6 is 0 Å². The van der Waals surface area contributed by atoms with Crippen LogP contribution in [-0.2, 0) is 0 Å². The zero-order valence-corrected chi connectivity index (χ0v) is 7.42. The molecule has 0 saturated heterocycles. The molecule has 0 spiro atoms. The summed E-state index contributed by atoms with van der Waals surface area (Å²) in [5, 5.41) is 0. The smallest absolute Gasteiger partial charge is 0.214 e. The van der Waals surface area contributed by atoms with Crippen LogP contribution < -0.4 is 4.90 Å². The summed E-state index contributed by atoms with van der Waals surface area (Å²) < 4.78 is 12.6. The van der Waals surface area contributed by atoms with E-state index in [1.165, 1.54) is 6.07 Å². The molecule has 0 radical (unpaired) electrons. The second-order valence-corrected chi connectivity index (χ2v) is 2.74. The maximum Gasteiger partial charge on any atom is 0.214 e. The fourth-order valence-electron chi connectivity index (χ4n) is 1.06. The summed E-state index contributed by atoms with van der Waals surface area (Å²) in [6.07, 6.45) is 1.04. The van der Waals surface area contributed by atoms with Gasteiger partial charge in [-0.15, -0.1) is 0 Å². The summed E-state index contributed by atoms with van der Waals surface area (Å²) in [5.74, 6) is 0.271. The molecule has 1 aromatic rings. The lowest BCUT2D eigenvalue weighted by atomic mass is 10.4. The summed E-state index contributed by atoms with van der Waals surface area (Å²) in [4.78, 5) is 5.68. The average molecular weight is 168 g/mol. The molecule has 0 amide bonds. The van der Waals surface area contributed by atoms with Crippen LogP contribution in [0.2, 0.25) is 0 Å². The number of rotatable bonds is 3. The highest BCUT2D eigenvalue weighted by Gasteiger charge is 2.00. The van der Waals surface area contributed by atoms with Crippen LogP contribution in [-0.4, -0.2) is 18.6 Å². The predicted octanol–water partition coefficient (Wildman–Crippen LogP) is 2.07. The summed E-state index contributed by atoms with van der Waals surface area (Å²) in [6.45, 7) is 2.98. The van der Waals surface area contributed by atoms with E-state index < -0.39 is 5.95 Å². The molecule has 12 heavy (non-hydrogen) atoms. The quantitative estimate of drug-likeness (QED) is 0.642. The van der Waals surface area contributed by atoms with E-state index in [0.29, 0.717) is 5.82 Å². The largest absolute Gasteiger partial charge is 0.360 e. The standard InChI is InChI=1S/C9H13FN2/c1-3-7-12(2)9-6-4-5-8(10)11-9/h4-6H,3,7H2,1-2H3. The first-order valence-corrected chi connectivity index (χ1v) is 4.07. The van der Waals surface area contributed by atoms with Gasteiger partial charge in [0.25, 0.3) is 0 Å². The third-order valence-corrected chi connectivity index (χ3v) is 1.65. The Hall–Kier alpha value is -1.12. The first-order valence-electron chi connectivity index (χ1n) is 4.07. The van der Waals surface area contributed by atoms with Crippen LogP contribution in [0.25, 0.3) is 0 Å². The van der Waals surface area contributed by atoms with Crippen molar-refractivity contribution in [1.82, 2.24) is 4.98 Å². The molecule has 0 unspecified atom stereocenters. The van der Waals surface area contributed by atoms with Gasteiger partial charge in [0.2, 0.25) is 5.95 Å². The van der Waals surface area contributed by atoms with Crippen molar-refractivity contribution in [2.75, 3.05) is 18.5 Å². The van der Waals surface area contributed by atoms with Crippen LogP contribution in [0.4, 0.5) is 10.2 Å². The molecular weight excluding hydrogens is 155 g/mol. The van der Waals surface area contributed by atoms with E-state index in [0.717, 1.165) is 13.0 Å². The molecule has 66 valence electrons. The first-order chi connectivity index (χ1) is 5.74. The Morgan fingerprint density at radius 2 is 2.25 bits per heavy atom. The van der Waals surface area contributed by atoms with Crippen molar-refractivity contribution in [2.24, 2.45) is 0 Å². The van der Waals surface area contributed by atoms with Gasteiger partial charge >= 0.3 is 0 Å². The summed E-state index contributed by atoms with van der Waals surface area (Å²) in [7, 11) is 1.91. The summed E-state index contributed by atoms with van der Waals surface area (Å²) in [6, 6.07) is 4.83. The van der Waals surface area contributed by atoms with Crippen LogP contribution in [0.15, 0.2) is 18.2 Å². The number of hydrogen-bond donors (Lipinski definition) is 0. The zero-order chi connectivity index (χ0) is 8.97. The molecule has 0 aliphatic heterocycles. The van der Waals surface area contributed by atoms with E-state index in [9.17, 15) is 4.39 Å². The van der Waals surface area contributed by atoms with E-state index in [2.05, 4.69) is 11.9 Å². The zero-order valence-electron chi connectivity index (χ0n) is 7.42. The van der Waals surface area contributed by atoms with Crippen molar-refractivity contribution in [3.8, 4) is 0 Å². The van der Waals surface area contributed by atoms with Gasteiger partial charge in [0.05, 0.1) is 0 Å². The fraction of sp³-hybridized carbons (Fsp3) is 0.444. The van der Waals surface area contributed by atoms with E-state index in [4.69, 9.17) is 0 Å². The molecule has 3 heteroatoms. The van der Waals surface area contributed by atoms with Gasteiger partial charge in [0.15, 0.2) is 0 Å². The molecule has 1 heterocycles. The summed E-state index contributed by atoms with van der Waals surface area (Å²) >= 11 is 0. The maximum absolute atomic E-state index is 12.6. The van der Waals surface area contributed by atoms with Gasteiger partial charge in [-0.25, -0.2) is 4.98 Å². The predicted molar refractivity (Wildman–Crippen MR) is 47.8 cm³/mol. The van der Waals surface area contributed by atoms with Crippen molar-refractivity contribution in [3.05, 3.63) is 24.1 Å². The number of pyridine rings is 1. The van der Waals surface area contributed by atoms with Crippen molar-refractivity contribution >= 4 is 5.82 Å². The Balaban J connectivity index is 2.73. The van der Waals surface area contributed by atoms with Crippen molar-refractivity contribution in [2.45, 2.75) is 13.3 Å². The van der Waals surface area contributed by atoms with Crippen molar-refractivity contribution < 1.29 is 4.39 Å². The highest BCUT2D eigenvalue weighted by Crippen LogP contribution is 2.08. The third kappa shape index (κ3) is 2.19. The Morgan fingerprint density at radius 3 is 2.83 bits per heavy atom. The van der Waals surface area contributed by atoms with E-state index in [1.54, 1.807) is 12.1 Å². The summed E-state index contributed by atoms with van der Waals surface area (Å²) in [5.41, 5.74) is 0. The molecule has 2 nitrogen and oxygen atoms in total. The minimum Gasteiger partial charge on any atom is -0.360 e. The van der Waals surface area contributed by atoms with Gasteiger partial charge in [-0.05, 0) is 18.6 Å². The minimum absolute atomic E-state index is 0.421. The minimum atomic E-state index is -0.421. The monoisotopic (exact) mass is 168 g/mol. The molecule has 1 rings (SSSR count). The topological polar surface area (TPSA) is 16.1 Å². The molecule has 0 bridgehead atoms. The molecule has 0 N–H and O–H groups in total. The van der Waals surface area contributed by atoms with Gasteiger partial charge in [0.1, 0.15) is 5.82 Å². The normalized spacial score (nSPS) is 9.92. The molecule has 0 aromatic carbocycles. The lowest BCUT2D eigenvalue weighted by molar-refractivity contribution is 0.582. The molecule has 0 aliphatic rings. The van der Waals surface area contributed by atoms with Gasteiger partial charge < -0.3 is 4.90 Å². The number of aromatic nitrogens is 1. The van der Waals surface area contributed by atoms with Crippen molar-refractivity contribution in [1.29, 1.82) is 0 Å². The SMILES string of the molecule is CCCN(C)c1cccc(F)n1. The number of halogens is 1. The number of hydrogen-bond acceptors (Lipinski definition) is 2. The maximum atomic E-state index is 12.6. The van der Waals surface area contributed by atoms with Gasteiger partial charge in [-0.1, -0.05) is 13.0 Å². The van der Waals surface area contributed by atoms with Gasteiger partial charge in [-0.3, -0.25) is 0 Å². The Labute approximate surface area is 72.0 Å². The highest BCUT2D eigenvalue weighted by molar-refractivity contribution is 5.36. The lowest BCUT2D eigenvalue weighted by Gasteiger charge is -2.16. The number of anilines is 1. The van der Waals surface area contributed by atoms with E-state index >= 15 is 0 Å². The molecule has 1 aromatic heterocycles. The van der Waals surface area contributed by atoms with Crippen LogP contribution in [0.1, 0.15) is 13.3 Å². The fourth-order valence-corrected chi connectivity index (χ4v) is 1.06. The molecule has 0 atom stereocenters. The molecule has 0 aliphatic carbocycles. The van der Waals surface area contributed by atoms with Crippen LogP contribution in [0, 0.1) is 5.95 Å². The van der Waals surface area contributed by atoms with Crippen LogP contribution in [0.3, 0.4) is 0 Å². The van der Waals surface area contributed by atoms with E-state index in [1.807, 2.05) is 11.9 Å². The second kappa shape index (κ2) is 4.04.